The van der Waals surface area contributed by atoms with E-state index in [2.05, 4.69) is 129 Å². The number of oxazole rings is 1. The first-order valence-corrected chi connectivity index (χ1v) is 14.8. The zero-order valence-electron chi connectivity index (χ0n) is 20.1. The minimum atomic E-state index is -2.32. The second kappa shape index (κ2) is 10.6. The number of hydrogen-bond acceptors (Lipinski definition) is 3. The average molecular weight is 495 g/mol. The minimum absolute atomic E-state index is 0.686. The summed E-state index contributed by atoms with van der Waals surface area (Å²) in [5.74, 6) is 1.67. The minimum Gasteiger partial charge on any atom is -0.425 e. The highest BCUT2D eigenvalue weighted by molar-refractivity contribution is 8.04. The lowest BCUT2D eigenvalue weighted by molar-refractivity contribution is 0.487. The molecule has 0 spiro atoms. The van der Waals surface area contributed by atoms with E-state index in [0.717, 1.165) is 28.3 Å². The van der Waals surface area contributed by atoms with Crippen LogP contribution >= 0.6 is 19.0 Å². The van der Waals surface area contributed by atoms with Gasteiger partial charge in [0, 0.05) is 11.3 Å². The Hall–Kier alpha value is -3.13. The van der Waals surface area contributed by atoms with Crippen LogP contribution in [0.2, 0.25) is 0 Å². The third-order valence-corrected chi connectivity index (χ3v) is 11.5. The Bertz CT molecular complexity index is 1270. The summed E-state index contributed by atoms with van der Waals surface area (Å²) in [4.78, 5) is 5.33. The number of rotatable bonds is 8. The lowest BCUT2D eigenvalue weighted by Crippen LogP contribution is -2.40. The van der Waals surface area contributed by atoms with Gasteiger partial charge in [-0.2, -0.15) is 4.98 Å². The molecular formula is C31H29NOPS+. The average Bonchev–Trinajstić information content (AvgIpc) is 3.34. The van der Waals surface area contributed by atoms with Crippen molar-refractivity contribution in [3.63, 3.8) is 0 Å². The van der Waals surface area contributed by atoms with Gasteiger partial charge in [0.1, 0.15) is 15.9 Å². The molecule has 0 amide bonds. The Kier molecular flexibility index (Phi) is 7.18. The predicted molar refractivity (Wildman–Crippen MR) is 152 cm³/mol. The molecule has 1 aromatic heterocycles. The van der Waals surface area contributed by atoms with Crippen LogP contribution in [0.5, 0.6) is 0 Å². The van der Waals surface area contributed by atoms with Gasteiger partial charge in [-0.25, -0.2) is 0 Å². The molecule has 174 valence electrons. The smallest absolute Gasteiger partial charge is 0.251 e. The Labute approximate surface area is 212 Å². The fourth-order valence-corrected chi connectivity index (χ4v) is 9.74. The first kappa shape index (κ1) is 23.6. The molecule has 35 heavy (non-hydrogen) atoms. The highest BCUT2D eigenvalue weighted by Gasteiger charge is 2.52. The highest BCUT2D eigenvalue weighted by atomic mass is 32.2. The van der Waals surface area contributed by atoms with Gasteiger partial charge in [-0.1, -0.05) is 91.0 Å². The van der Waals surface area contributed by atoms with E-state index in [1.807, 2.05) is 0 Å². The van der Waals surface area contributed by atoms with E-state index < -0.39 is 7.26 Å². The van der Waals surface area contributed by atoms with E-state index in [1.165, 1.54) is 21.5 Å². The van der Waals surface area contributed by atoms with Gasteiger partial charge in [-0.05, 0) is 61.9 Å². The van der Waals surface area contributed by atoms with Crippen molar-refractivity contribution in [3.8, 4) is 11.5 Å². The fourth-order valence-electron chi connectivity index (χ4n) is 4.39. The Morgan fingerprint density at radius 3 is 1.63 bits per heavy atom. The van der Waals surface area contributed by atoms with Crippen LogP contribution in [0.4, 0.5) is 0 Å². The molecule has 0 aliphatic rings. The standard InChI is InChI=1S/C31H29NOPS/c1-3-23-35-31-30(32-29(33-31)25-21-19-24(2)20-22-25)34(26-13-7-4-8-14-26,27-15-9-5-10-16-27)28-17-11-6-12-18-28/h4-22H,3,23H2,1-2H3/q+1. The summed E-state index contributed by atoms with van der Waals surface area (Å²) in [6, 6.07) is 41.0. The van der Waals surface area contributed by atoms with Gasteiger partial charge in [0.2, 0.25) is 11.0 Å². The Morgan fingerprint density at radius 2 is 1.17 bits per heavy atom. The molecule has 0 N–H and O–H groups in total. The van der Waals surface area contributed by atoms with Crippen LogP contribution in [-0.4, -0.2) is 10.7 Å². The first-order valence-electron chi connectivity index (χ1n) is 12.0. The molecule has 5 rings (SSSR count). The summed E-state index contributed by atoms with van der Waals surface area (Å²) in [6.07, 6.45) is 1.07. The van der Waals surface area contributed by atoms with Crippen molar-refractivity contribution < 1.29 is 4.42 Å². The van der Waals surface area contributed by atoms with Gasteiger partial charge in [0.05, 0.1) is 0 Å². The second-order valence-corrected chi connectivity index (χ2v) is 12.9. The molecule has 5 aromatic rings. The van der Waals surface area contributed by atoms with Crippen molar-refractivity contribution in [2.75, 3.05) is 5.75 Å². The molecule has 0 aliphatic carbocycles. The van der Waals surface area contributed by atoms with Crippen molar-refractivity contribution in [2.45, 2.75) is 25.4 Å². The molecule has 1 heterocycles. The largest absolute Gasteiger partial charge is 0.425 e. The molecule has 4 heteroatoms. The molecule has 4 aromatic carbocycles. The SMILES string of the molecule is CCCSc1oc(-c2ccc(C)cc2)nc1[P+](c1ccccc1)(c1ccccc1)c1ccccc1. The van der Waals surface area contributed by atoms with E-state index in [-0.39, 0.29) is 0 Å². The van der Waals surface area contributed by atoms with Crippen molar-refractivity contribution in [2.24, 2.45) is 0 Å². The molecule has 2 nitrogen and oxygen atoms in total. The number of aromatic nitrogens is 1. The molecule has 0 atom stereocenters. The summed E-state index contributed by atoms with van der Waals surface area (Å²) >= 11 is 1.78. The van der Waals surface area contributed by atoms with E-state index in [0.29, 0.717) is 5.89 Å². The third-order valence-electron chi connectivity index (χ3n) is 6.06. The van der Waals surface area contributed by atoms with E-state index in [9.17, 15) is 0 Å². The third kappa shape index (κ3) is 4.59. The maximum Gasteiger partial charge on any atom is 0.251 e. The fraction of sp³-hybridized carbons (Fsp3) is 0.129. The number of thioether (sulfide) groups is 1. The summed E-state index contributed by atoms with van der Waals surface area (Å²) in [5.41, 5.74) is 3.28. The maximum absolute atomic E-state index is 6.59. The van der Waals surface area contributed by atoms with Crippen molar-refractivity contribution in [3.05, 3.63) is 121 Å². The van der Waals surface area contributed by atoms with Gasteiger partial charge in [-0.15, -0.1) is 0 Å². The molecule has 0 bridgehead atoms. The van der Waals surface area contributed by atoms with Crippen molar-refractivity contribution in [1.82, 2.24) is 4.98 Å². The van der Waals surface area contributed by atoms with Gasteiger partial charge < -0.3 is 4.42 Å². The van der Waals surface area contributed by atoms with Crippen LogP contribution in [0.25, 0.3) is 11.5 Å². The number of aryl methyl sites for hydroxylation is 1. The van der Waals surface area contributed by atoms with Crippen molar-refractivity contribution >= 4 is 40.4 Å². The molecule has 0 saturated carbocycles. The summed E-state index contributed by atoms with van der Waals surface area (Å²) in [6.45, 7) is 4.31. The molecular weight excluding hydrogens is 465 g/mol. The maximum atomic E-state index is 6.59. The van der Waals surface area contributed by atoms with Gasteiger partial charge >= 0.3 is 0 Å². The molecule has 0 radical (unpaired) electrons. The van der Waals surface area contributed by atoms with E-state index in [4.69, 9.17) is 9.40 Å². The molecule has 0 unspecified atom stereocenters. The Balaban J connectivity index is 1.86. The van der Waals surface area contributed by atoms with Crippen LogP contribution in [0.1, 0.15) is 18.9 Å². The van der Waals surface area contributed by atoms with Crippen LogP contribution in [0.3, 0.4) is 0 Å². The van der Waals surface area contributed by atoms with E-state index in [1.54, 1.807) is 11.8 Å². The van der Waals surface area contributed by atoms with Crippen LogP contribution in [0, 0.1) is 6.92 Å². The van der Waals surface area contributed by atoms with Crippen LogP contribution < -0.4 is 21.3 Å². The summed E-state index contributed by atoms with van der Waals surface area (Å²) in [5, 5.41) is 4.76. The second-order valence-electron chi connectivity index (χ2n) is 8.52. The molecule has 0 aliphatic heterocycles. The van der Waals surface area contributed by atoms with Crippen LogP contribution in [-0.2, 0) is 0 Å². The lowest BCUT2D eigenvalue weighted by Gasteiger charge is -2.25. The lowest BCUT2D eigenvalue weighted by atomic mass is 10.1. The summed E-state index contributed by atoms with van der Waals surface area (Å²) in [7, 11) is -2.32. The van der Waals surface area contributed by atoms with Gasteiger partial charge in [0.15, 0.2) is 7.26 Å². The number of hydrogen-bond donors (Lipinski definition) is 0. The molecule has 0 fully saturated rings. The number of nitrogens with zero attached hydrogens (tertiary/aromatic N) is 1. The van der Waals surface area contributed by atoms with Gasteiger partial charge in [-0.3, -0.25) is 0 Å². The Morgan fingerprint density at radius 1 is 0.686 bits per heavy atom. The zero-order chi connectivity index (χ0) is 24.1. The predicted octanol–water partition coefficient (Wildman–Crippen LogP) is 6.77. The van der Waals surface area contributed by atoms with Crippen LogP contribution in [0.15, 0.2) is 125 Å². The highest BCUT2D eigenvalue weighted by Crippen LogP contribution is 2.56. The first-order chi connectivity index (χ1) is 17.2. The quantitative estimate of drug-likeness (QED) is 0.176. The monoisotopic (exact) mass is 494 g/mol. The van der Waals surface area contributed by atoms with Gasteiger partial charge in [0.25, 0.3) is 5.44 Å². The normalized spacial score (nSPS) is 11.5. The number of benzene rings is 4. The van der Waals surface area contributed by atoms with E-state index >= 15 is 0 Å². The summed E-state index contributed by atoms with van der Waals surface area (Å²) < 4.78 is 6.59. The molecule has 0 saturated heterocycles. The van der Waals surface area contributed by atoms with Crippen molar-refractivity contribution in [1.29, 1.82) is 0 Å². The zero-order valence-corrected chi connectivity index (χ0v) is 21.8. The topological polar surface area (TPSA) is 26.0 Å².